The van der Waals surface area contributed by atoms with E-state index < -0.39 is 6.71 Å². The molecule has 0 aliphatic carbocycles. The Morgan fingerprint density at radius 1 is 0.193 bits per heavy atom. The van der Waals surface area contributed by atoms with Gasteiger partial charge in [-0.2, -0.15) is 0 Å². The molecule has 0 fully saturated rings. The van der Waals surface area contributed by atoms with Gasteiger partial charge in [0.25, 0.3) is 6.71 Å². The van der Waals surface area contributed by atoms with Crippen LogP contribution in [0.5, 0.6) is 0 Å². The first-order valence-corrected chi connectivity index (χ1v) is 52.3. The van der Waals surface area contributed by atoms with E-state index >= 15 is 0 Å². The molecule has 0 unspecified atom stereocenters. The number of rotatable bonds is 21. The van der Waals surface area contributed by atoms with E-state index in [4.69, 9.17) is 0 Å². The van der Waals surface area contributed by atoms with Crippen molar-refractivity contribution in [2.24, 2.45) is 0 Å². The standard InChI is InChI=1S/C146H110BN3/c1-145(2,3)140-126(110-55-31-13-32-56-110)87-118(88-127(140)111-57-33-14-34-58-111)119-89-130(114-63-39-17-40-64-114)144(131(90-119)115-65-41-18-42-66-115)150-135-86-80-117(101-49-25-10-26-50-101)96-133(135)147-132-95-116(100-47-23-9-24-48-100)79-85-134(132)148-143-139(121-91-124(108-51-27-11-28-52-108)138(125(92-121)109-53-29-12-30-54-109)120-93-128(112-59-35-15-36-60-112)141(146(4,5)6)129(94-120)113-61-37-16-38-62-113)136(97-137(150)142(143)147)149(122-81-75-106(76-82-122)104-71-67-102(68-72-104)98-43-19-7-20-44-98)123-83-77-107(78-84-123)105-73-69-103(70-74-105)99-45-21-8-22-46-99/h7-97,148H,1-6H3. The topological polar surface area (TPSA) is 18.5 Å². The molecule has 3 nitrogen and oxygen atoms in total. The molecule has 0 bridgehead atoms. The quantitative estimate of drug-likeness (QED) is 0.0724. The Kier molecular flexibility index (Phi) is 24.4. The van der Waals surface area contributed by atoms with Crippen LogP contribution in [-0.4, -0.2) is 6.71 Å². The number of fused-ring (bicyclic) bond motifs is 4. The second kappa shape index (κ2) is 39.5. The zero-order valence-corrected chi connectivity index (χ0v) is 85.0. The van der Waals surface area contributed by atoms with E-state index in [2.05, 4.69) is 609 Å². The highest BCUT2D eigenvalue weighted by Gasteiger charge is 2.46. The van der Waals surface area contributed by atoms with Crippen molar-refractivity contribution in [3.05, 3.63) is 563 Å². The van der Waals surface area contributed by atoms with E-state index in [-0.39, 0.29) is 10.8 Å². The third kappa shape index (κ3) is 17.7. The van der Waals surface area contributed by atoms with Crippen LogP contribution in [0.4, 0.5) is 45.5 Å². The summed E-state index contributed by atoms with van der Waals surface area (Å²) in [7, 11) is 0. The average molecular weight is 1920 g/mol. The van der Waals surface area contributed by atoms with Gasteiger partial charge in [-0.25, -0.2) is 0 Å². The predicted molar refractivity (Wildman–Crippen MR) is 640 cm³/mol. The monoisotopic (exact) mass is 1920 g/mol. The van der Waals surface area contributed by atoms with Crippen LogP contribution in [0, 0.1) is 0 Å². The summed E-state index contributed by atoms with van der Waals surface area (Å²) in [5.74, 6) is 0. The third-order valence-electron chi connectivity index (χ3n) is 30.3. The Morgan fingerprint density at radius 3 is 0.753 bits per heavy atom. The molecule has 0 saturated heterocycles. The second-order valence-electron chi connectivity index (χ2n) is 41.8. The van der Waals surface area contributed by atoms with E-state index in [1.54, 1.807) is 0 Å². The smallest absolute Gasteiger partial charge is 0.252 e. The van der Waals surface area contributed by atoms with Gasteiger partial charge < -0.3 is 15.1 Å². The lowest BCUT2D eigenvalue weighted by molar-refractivity contribution is 0.593. The molecule has 2 aliphatic rings. The van der Waals surface area contributed by atoms with Gasteiger partial charge in [0.15, 0.2) is 0 Å². The number of benzene rings is 23. The Balaban J connectivity index is 0.846. The molecule has 25 rings (SSSR count). The van der Waals surface area contributed by atoms with Gasteiger partial charge >= 0.3 is 0 Å². The number of anilines is 8. The molecule has 23 aromatic carbocycles. The van der Waals surface area contributed by atoms with E-state index in [0.29, 0.717) is 0 Å². The van der Waals surface area contributed by atoms with Gasteiger partial charge in [-0.15, -0.1) is 0 Å². The molecule has 2 heterocycles. The van der Waals surface area contributed by atoms with E-state index in [9.17, 15) is 0 Å². The zero-order valence-electron chi connectivity index (χ0n) is 85.0. The van der Waals surface area contributed by atoms with Crippen LogP contribution < -0.4 is 31.5 Å². The second-order valence-corrected chi connectivity index (χ2v) is 41.8. The van der Waals surface area contributed by atoms with Crippen molar-refractivity contribution in [1.29, 1.82) is 0 Å². The van der Waals surface area contributed by atoms with Crippen molar-refractivity contribution >= 4 is 68.6 Å². The number of nitrogens with zero attached hydrogens (tertiary/aromatic N) is 2. The molecule has 0 saturated carbocycles. The van der Waals surface area contributed by atoms with Gasteiger partial charge in [-0.3, -0.25) is 0 Å². The van der Waals surface area contributed by atoms with Crippen molar-refractivity contribution in [2.75, 3.05) is 15.1 Å². The Bertz CT molecular complexity index is 8520. The maximum atomic E-state index is 4.63. The largest absolute Gasteiger partial charge is 0.356 e. The Labute approximate surface area is 881 Å². The van der Waals surface area contributed by atoms with Gasteiger partial charge in [-0.1, -0.05) is 503 Å². The Hall–Kier alpha value is -18.5. The number of hydrogen-bond acceptors (Lipinski definition) is 3. The van der Waals surface area contributed by atoms with Crippen LogP contribution >= 0.6 is 0 Å². The third-order valence-corrected chi connectivity index (χ3v) is 30.3. The summed E-state index contributed by atoms with van der Waals surface area (Å²) in [5.41, 5.74) is 51.7. The van der Waals surface area contributed by atoms with E-state index in [1.165, 1.54) is 77.7 Å². The van der Waals surface area contributed by atoms with Crippen LogP contribution in [-0.2, 0) is 10.8 Å². The highest BCUT2D eigenvalue weighted by Crippen LogP contribution is 2.59. The minimum Gasteiger partial charge on any atom is -0.356 e. The molecule has 0 radical (unpaired) electrons. The molecule has 1 N–H and O–H groups in total. The number of hydrogen-bond donors (Lipinski definition) is 1. The lowest BCUT2D eigenvalue weighted by Gasteiger charge is -2.44. The fourth-order valence-corrected chi connectivity index (χ4v) is 23.4. The highest BCUT2D eigenvalue weighted by molar-refractivity contribution is 7.00. The lowest BCUT2D eigenvalue weighted by atomic mass is 9.33. The van der Waals surface area contributed by atoms with Crippen molar-refractivity contribution in [1.82, 2.24) is 0 Å². The van der Waals surface area contributed by atoms with Crippen LogP contribution in [0.3, 0.4) is 0 Å². The maximum absolute atomic E-state index is 4.63. The first-order valence-electron chi connectivity index (χ1n) is 52.3. The molecule has 712 valence electrons. The summed E-state index contributed by atoms with van der Waals surface area (Å²) in [6.07, 6.45) is 0. The molecule has 4 heteroatoms. The van der Waals surface area contributed by atoms with Gasteiger partial charge in [0.2, 0.25) is 0 Å². The summed E-state index contributed by atoms with van der Waals surface area (Å²) in [6.45, 7) is 13.8. The fraction of sp³-hybridized carbons (Fsp3) is 0.0548. The summed E-state index contributed by atoms with van der Waals surface area (Å²) in [4.78, 5) is 5.30. The molecular formula is C146H110BN3. The molecule has 23 aromatic rings. The molecular weight excluding hydrogens is 1810 g/mol. The van der Waals surface area contributed by atoms with Gasteiger partial charge in [0, 0.05) is 50.8 Å². The maximum Gasteiger partial charge on any atom is 0.252 e. The molecule has 0 spiro atoms. The van der Waals surface area contributed by atoms with Crippen LogP contribution in [0.2, 0.25) is 0 Å². The normalized spacial score (nSPS) is 12.0. The van der Waals surface area contributed by atoms with Crippen molar-refractivity contribution < 1.29 is 0 Å². The Morgan fingerprint density at radius 2 is 0.433 bits per heavy atom. The summed E-state index contributed by atoms with van der Waals surface area (Å²) >= 11 is 0. The number of nitrogens with one attached hydrogen (secondary N) is 1. The first kappa shape index (κ1) is 92.6. The zero-order chi connectivity index (χ0) is 101. The van der Waals surface area contributed by atoms with Gasteiger partial charge in [0.05, 0.1) is 11.4 Å². The summed E-state index contributed by atoms with van der Waals surface area (Å²) in [5, 5.41) is 4.63. The van der Waals surface area contributed by atoms with Crippen molar-refractivity contribution in [2.45, 2.75) is 52.4 Å². The SMILES string of the molecule is CC(C)(C)c1c(-c2ccccc2)cc(-c2cc(-c3ccccc3)c(N3c4ccc(-c5ccccc5)cc4B4c5cc(-c6ccccc6)ccc5Nc5c4c3cc(N(c3ccc(-c4ccc(-c6ccccc6)cc4)cc3)c3ccc(-c4ccc(-c6ccccc6)cc4)cc3)c5-c3cc(-c4ccccc4)c(-c4cc(-c5ccccc5)c(C(C)(C)C)c(-c5ccccc5)c4)c(-c4ccccc4)c3)c(-c3ccccc3)c2)cc1-c1ccccc1. The fourth-order valence-electron chi connectivity index (χ4n) is 23.4. The minimum atomic E-state index is -0.407. The van der Waals surface area contributed by atoms with E-state index in [0.717, 1.165) is 184 Å². The lowest BCUT2D eigenvalue weighted by Crippen LogP contribution is -2.60. The van der Waals surface area contributed by atoms with E-state index in [1.807, 2.05) is 0 Å². The predicted octanol–water partition coefficient (Wildman–Crippen LogP) is 38.4. The van der Waals surface area contributed by atoms with Crippen LogP contribution in [0.15, 0.2) is 552 Å². The first-order chi connectivity index (χ1) is 73.7. The van der Waals surface area contributed by atoms with Crippen LogP contribution in [0.25, 0.3) is 189 Å². The van der Waals surface area contributed by atoms with Crippen molar-refractivity contribution in [3.8, 4) is 189 Å². The molecule has 150 heavy (non-hydrogen) atoms. The highest BCUT2D eigenvalue weighted by atomic mass is 15.2. The van der Waals surface area contributed by atoms with Gasteiger partial charge in [-0.05, 0) is 302 Å². The van der Waals surface area contributed by atoms with Crippen molar-refractivity contribution in [3.63, 3.8) is 0 Å². The minimum absolute atomic E-state index is 0.263. The van der Waals surface area contributed by atoms with Crippen LogP contribution in [0.1, 0.15) is 52.7 Å². The molecule has 0 amide bonds. The van der Waals surface area contributed by atoms with Gasteiger partial charge in [0.1, 0.15) is 0 Å². The molecule has 0 aromatic heterocycles. The average Bonchev–Trinajstić information content (AvgIpc) is 0.685. The molecule has 2 aliphatic heterocycles. The molecule has 0 atom stereocenters. The summed E-state index contributed by atoms with van der Waals surface area (Å²) < 4.78 is 0. The summed E-state index contributed by atoms with van der Waals surface area (Å²) in [6, 6.07) is 207.